The van der Waals surface area contributed by atoms with Crippen molar-refractivity contribution in [1.29, 1.82) is 0 Å². The van der Waals surface area contributed by atoms with Gasteiger partial charge < -0.3 is 29.2 Å². The molecule has 33 heavy (non-hydrogen) atoms. The predicted octanol–water partition coefficient (Wildman–Crippen LogP) is 4.05. The van der Waals surface area contributed by atoms with E-state index in [1.54, 1.807) is 9.47 Å². The second-order valence-corrected chi connectivity index (χ2v) is 9.54. The maximum Gasteiger partial charge on any atom is 0.415 e. The normalized spacial score (nSPS) is 20.0. The molecule has 10 nitrogen and oxygen atoms in total. The van der Waals surface area contributed by atoms with Crippen LogP contribution in [-0.4, -0.2) is 56.4 Å². The Morgan fingerprint density at radius 3 is 2.61 bits per heavy atom. The molecule has 2 aromatic rings. The summed E-state index contributed by atoms with van der Waals surface area (Å²) in [6.45, 7) is 9.29. The van der Waals surface area contributed by atoms with E-state index in [9.17, 15) is 14.9 Å². The first-order valence-corrected chi connectivity index (χ1v) is 10.8. The molecular formula is C23H28N4O6. The zero-order valence-corrected chi connectivity index (χ0v) is 19.2. The van der Waals surface area contributed by atoms with Gasteiger partial charge in [-0.15, -0.1) is 0 Å². The molecular weight excluding hydrogens is 428 g/mol. The maximum atomic E-state index is 12.2. The lowest BCUT2D eigenvalue weighted by Gasteiger charge is -2.29. The molecule has 2 aliphatic rings. The molecule has 0 aliphatic carbocycles. The molecule has 2 aliphatic heterocycles. The van der Waals surface area contributed by atoms with Crippen LogP contribution in [0.15, 0.2) is 36.5 Å². The maximum absolute atomic E-state index is 12.2. The van der Waals surface area contributed by atoms with Crippen molar-refractivity contribution >= 4 is 17.5 Å². The lowest BCUT2D eigenvalue weighted by atomic mass is 9.99. The van der Waals surface area contributed by atoms with Crippen molar-refractivity contribution in [3.05, 3.63) is 52.2 Å². The molecule has 1 amide bonds. The Kier molecular flexibility index (Phi) is 5.77. The topological polar surface area (TPSA) is 109 Å². The van der Waals surface area contributed by atoms with Crippen molar-refractivity contribution in [2.24, 2.45) is 0 Å². The Balaban J connectivity index is 1.30. The van der Waals surface area contributed by atoms with Gasteiger partial charge in [-0.3, -0.25) is 4.57 Å². The SMILES string of the molecule is CC(C)(C)OC(=O)N1CC=C(c2ccc(OC[C@@]3(C)Cn4cc([N+](=O)[O-])nc4O3)cc2)CC1. The molecule has 4 rings (SSSR count). The van der Waals surface area contributed by atoms with E-state index >= 15 is 0 Å². The van der Waals surface area contributed by atoms with Crippen LogP contribution >= 0.6 is 0 Å². The summed E-state index contributed by atoms with van der Waals surface area (Å²) in [5, 5.41) is 10.8. The Labute approximate surface area is 191 Å². The molecule has 0 unspecified atom stereocenters. The average molecular weight is 456 g/mol. The second-order valence-electron chi connectivity index (χ2n) is 9.54. The van der Waals surface area contributed by atoms with Crippen molar-refractivity contribution in [2.75, 3.05) is 19.7 Å². The first-order valence-electron chi connectivity index (χ1n) is 10.8. The molecule has 1 aromatic carbocycles. The minimum absolute atomic E-state index is 0.227. The summed E-state index contributed by atoms with van der Waals surface area (Å²) >= 11 is 0. The van der Waals surface area contributed by atoms with E-state index in [0.29, 0.717) is 25.4 Å². The molecule has 0 bridgehead atoms. The highest BCUT2D eigenvalue weighted by Gasteiger charge is 2.41. The number of ether oxygens (including phenoxy) is 3. The van der Waals surface area contributed by atoms with Gasteiger partial charge in [0.25, 0.3) is 0 Å². The fourth-order valence-electron chi connectivity index (χ4n) is 3.78. The number of carbonyl (C=O) groups excluding carboxylic acids is 1. The molecule has 0 spiro atoms. The van der Waals surface area contributed by atoms with Crippen LogP contribution in [0.5, 0.6) is 11.8 Å². The zero-order chi connectivity index (χ0) is 23.8. The van der Waals surface area contributed by atoms with Crippen molar-refractivity contribution in [3.63, 3.8) is 0 Å². The van der Waals surface area contributed by atoms with E-state index in [1.807, 2.05) is 52.0 Å². The minimum Gasteiger partial charge on any atom is -0.489 e. The van der Waals surface area contributed by atoms with Crippen LogP contribution in [0.2, 0.25) is 0 Å². The molecule has 0 saturated carbocycles. The van der Waals surface area contributed by atoms with Crippen LogP contribution in [0.4, 0.5) is 10.6 Å². The molecule has 1 aromatic heterocycles. The van der Waals surface area contributed by atoms with E-state index in [1.165, 1.54) is 11.8 Å². The number of amides is 1. The quantitative estimate of drug-likeness (QED) is 0.493. The highest BCUT2D eigenvalue weighted by atomic mass is 16.6. The number of carbonyl (C=O) groups is 1. The van der Waals surface area contributed by atoms with Crippen LogP contribution in [0, 0.1) is 10.1 Å². The highest BCUT2D eigenvalue weighted by Crippen LogP contribution is 2.32. The summed E-state index contributed by atoms with van der Waals surface area (Å²) in [7, 11) is 0. The number of benzene rings is 1. The Hall–Kier alpha value is -3.56. The number of fused-ring (bicyclic) bond motifs is 1. The van der Waals surface area contributed by atoms with Crippen molar-refractivity contribution < 1.29 is 23.9 Å². The van der Waals surface area contributed by atoms with Crippen LogP contribution in [0.3, 0.4) is 0 Å². The summed E-state index contributed by atoms with van der Waals surface area (Å²) in [5.41, 5.74) is 1.10. The van der Waals surface area contributed by atoms with Crippen LogP contribution in [0.1, 0.15) is 39.7 Å². The standard InChI is InChI=1S/C23H28N4O6/c1-22(2,3)33-21(28)25-11-9-17(10-12-25)16-5-7-18(8-6-16)31-15-23(4)14-26-13-19(27(29)30)24-20(26)32-23/h5-9,13H,10-12,14-15H2,1-4H3/t23-/m1/s1. The third-order valence-corrected chi connectivity index (χ3v) is 5.39. The molecule has 0 radical (unpaired) electrons. The fourth-order valence-corrected chi connectivity index (χ4v) is 3.78. The number of imidazole rings is 1. The number of aromatic nitrogens is 2. The fraction of sp³-hybridized carbons (Fsp3) is 0.478. The van der Waals surface area contributed by atoms with E-state index in [4.69, 9.17) is 14.2 Å². The number of hydrogen-bond donors (Lipinski definition) is 0. The molecule has 176 valence electrons. The van der Waals surface area contributed by atoms with E-state index in [0.717, 1.165) is 12.0 Å². The lowest BCUT2D eigenvalue weighted by Crippen LogP contribution is -2.39. The van der Waals surface area contributed by atoms with E-state index < -0.39 is 16.1 Å². The Bertz CT molecular complexity index is 1060. The smallest absolute Gasteiger partial charge is 0.415 e. The van der Waals surface area contributed by atoms with Gasteiger partial charge in [0.15, 0.2) is 5.60 Å². The van der Waals surface area contributed by atoms with Gasteiger partial charge in [-0.05, 0) is 62.3 Å². The van der Waals surface area contributed by atoms with E-state index in [-0.39, 0.29) is 24.5 Å². The van der Waals surface area contributed by atoms with Crippen molar-refractivity contribution in [3.8, 4) is 11.8 Å². The van der Waals surface area contributed by atoms with E-state index in [2.05, 4.69) is 11.1 Å². The molecule has 3 heterocycles. The van der Waals surface area contributed by atoms with Crippen molar-refractivity contribution in [2.45, 2.75) is 51.9 Å². The summed E-state index contributed by atoms with van der Waals surface area (Å²) in [5.74, 6) is 0.473. The number of hydrogen-bond acceptors (Lipinski definition) is 7. The van der Waals surface area contributed by atoms with Gasteiger partial charge in [0.05, 0.1) is 6.54 Å². The Morgan fingerprint density at radius 2 is 2.03 bits per heavy atom. The number of nitrogens with zero attached hydrogens (tertiary/aromatic N) is 4. The first-order chi connectivity index (χ1) is 15.5. The first kappa shape index (κ1) is 22.6. The zero-order valence-electron chi connectivity index (χ0n) is 19.2. The molecule has 0 saturated heterocycles. The molecule has 1 atom stereocenters. The van der Waals surface area contributed by atoms with Gasteiger partial charge >= 0.3 is 17.9 Å². The van der Waals surface area contributed by atoms with Gasteiger partial charge in [-0.2, -0.15) is 0 Å². The second kappa shape index (κ2) is 8.42. The third-order valence-electron chi connectivity index (χ3n) is 5.39. The lowest BCUT2D eigenvalue weighted by molar-refractivity contribution is -0.389. The van der Waals surface area contributed by atoms with Crippen LogP contribution in [-0.2, 0) is 11.3 Å². The van der Waals surface area contributed by atoms with Gasteiger partial charge in [0.2, 0.25) is 0 Å². The van der Waals surface area contributed by atoms with Gasteiger partial charge in [0, 0.05) is 18.1 Å². The van der Waals surface area contributed by atoms with Gasteiger partial charge in [0.1, 0.15) is 24.2 Å². The largest absolute Gasteiger partial charge is 0.489 e. The summed E-state index contributed by atoms with van der Waals surface area (Å²) in [4.78, 5) is 28.1. The number of nitro groups is 1. The monoisotopic (exact) mass is 456 g/mol. The average Bonchev–Trinajstić information content (AvgIpc) is 3.27. The summed E-state index contributed by atoms with van der Waals surface area (Å²) < 4.78 is 18.8. The van der Waals surface area contributed by atoms with Crippen molar-refractivity contribution in [1.82, 2.24) is 14.5 Å². The third kappa shape index (κ3) is 5.27. The van der Waals surface area contributed by atoms with Crippen LogP contribution in [0.25, 0.3) is 5.57 Å². The van der Waals surface area contributed by atoms with Gasteiger partial charge in [-0.25, -0.2) is 4.79 Å². The predicted molar refractivity (Wildman–Crippen MR) is 120 cm³/mol. The molecule has 0 fully saturated rings. The molecule has 10 heteroatoms. The summed E-state index contributed by atoms with van der Waals surface area (Å²) in [6.07, 6.45) is 3.89. The molecule has 0 N–H and O–H groups in total. The minimum atomic E-state index is -0.660. The van der Waals surface area contributed by atoms with Crippen LogP contribution < -0.4 is 9.47 Å². The number of rotatable bonds is 5. The summed E-state index contributed by atoms with van der Waals surface area (Å²) in [6, 6.07) is 8.02. The highest BCUT2D eigenvalue weighted by molar-refractivity contribution is 5.72. The van der Waals surface area contributed by atoms with Gasteiger partial charge in [-0.1, -0.05) is 18.2 Å². The Morgan fingerprint density at radius 1 is 1.30 bits per heavy atom.